The highest BCUT2D eigenvalue weighted by atomic mass is 35.5. The fourth-order valence-corrected chi connectivity index (χ4v) is 11.4. The highest BCUT2D eigenvalue weighted by molar-refractivity contribution is 6.35. The SMILES string of the molecule is CC[C@@H](CC(=O)NC(=O)OC(C)C)Nc1ccc(C(F)(F)F)cc1.CC[C@@H](CC(=O)NC(=O)OC)Nc1cc(Cl)cc(Cl)c1.CC[C@@H](CC(=O)NC(=O)OC)Nc1ccc(OC)cc1.CC[C@H](CC(=O)NC(=O)OC(C)C)Nc1ccc(C(F)(F)F)cc1.CC[C@H](CC(=O)NC(=O)OC)Nc1cc(Cl)cc(Cl)c1.CC[C@H](CC(=O)NC(=O)OC)Nc1ccc(OC)cc1. The van der Waals surface area contributed by atoms with Crippen LogP contribution < -0.4 is 73.3 Å². The number of methoxy groups -OCH3 is 6. The molecule has 0 spiro atoms. The van der Waals surface area contributed by atoms with E-state index in [9.17, 15) is 83.9 Å². The van der Waals surface area contributed by atoms with Crippen molar-refractivity contribution in [2.24, 2.45) is 0 Å². The zero-order chi connectivity index (χ0) is 96.8. The lowest BCUT2D eigenvalue weighted by atomic mass is 10.1. The first kappa shape index (κ1) is 114. The summed E-state index contributed by atoms with van der Waals surface area (Å²) in [6, 6.07) is 33.0. The van der Waals surface area contributed by atoms with Crippen LogP contribution in [0.2, 0.25) is 20.1 Å². The summed E-state index contributed by atoms with van der Waals surface area (Å²) >= 11 is 23.6. The Hall–Kier alpha value is -11.9. The summed E-state index contributed by atoms with van der Waals surface area (Å²) in [7, 11) is 8.05. The van der Waals surface area contributed by atoms with Crippen molar-refractivity contribution in [1.82, 2.24) is 31.9 Å². The number of imide groups is 6. The van der Waals surface area contributed by atoms with Crippen molar-refractivity contribution in [1.29, 1.82) is 0 Å². The van der Waals surface area contributed by atoms with Crippen molar-refractivity contribution in [2.45, 2.75) is 207 Å². The van der Waals surface area contributed by atoms with Gasteiger partial charge in [-0.05, 0) is 200 Å². The van der Waals surface area contributed by atoms with E-state index in [0.717, 1.165) is 71.4 Å². The summed E-state index contributed by atoms with van der Waals surface area (Å²) in [6.45, 7) is 18.1. The van der Waals surface area contributed by atoms with E-state index in [4.69, 9.17) is 65.4 Å². The van der Waals surface area contributed by atoms with Crippen molar-refractivity contribution in [3.05, 3.63) is 165 Å². The standard InChI is InChI=1S/2C16H21F3N2O3.2C14H20N2O4.2C13H16Cl2N2O3/c2*1-4-12(9-14(22)21-15(23)24-10(2)3)20-13-7-5-11(6-8-13)16(17,18)19;2*1-4-10(9-13(17)16-14(18)20-3)15-11-5-7-12(19-2)8-6-11;2*1-3-10(7-12(18)17-13(19)20-2)16-11-5-8(14)4-9(15)6-11/h2*5-8,10,12,20H,4,9H2,1-3H3,(H,21,22,23);2*5-8,10,15H,4,9H2,1-3H3,(H,16,17,18);2*4-6,10,16H,3,7H2,1-2H3,(H,17,18,19)/t2*12-;4*10-/m101010/s1. The molecule has 0 aromatic heterocycles. The van der Waals surface area contributed by atoms with Crippen LogP contribution in [0.4, 0.5) is 89.2 Å². The molecule has 0 radical (unpaired) electrons. The van der Waals surface area contributed by atoms with Gasteiger partial charge in [0.15, 0.2) is 0 Å². The zero-order valence-corrected chi connectivity index (χ0v) is 76.8. The molecular formula is C86H114Cl4F6N12O20. The number of hydrogen-bond acceptors (Lipinski definition) is 26. The van der Waals surface area contributed by atoms with Gasteiger partial charge in [-0.2, -0.15) is 26.3 Å². The van der Waals surface area contributed by atoms with Crippen LogP contribution in [0.25, 0.3) is 0 Å². The zero-order valence-electron chi connectivity index (χ0n) is 73.8. The first-order chi connectivity index (χ1) is 60.3. The molecule has 0 saturated carbocycles. The average Bonchev–Trinajstić information content (AvgIpc) is 0.576. The van der Waals surface area contributed by atoms with Crippen LogP contribution in [0.15, 0.2) is 133 Å². The number of alkyl carbamates (subject to hydrolysis) is 6. The van der Waals surface area contributed by atoms with Gasteiger partial charge in [0.1, 0.15) is 11.5 Å². The Morgan fingerprint density at radius 2 is 0.461 bits per heavy atom. The van der Waals surface area contributed by atoms with Crippen LogP contribution >= 0.6 is 46.4 Å². The molecule has 42 heteroatoms. The van der Waals surface area contributed by atoms with E-state index < -0.39 is 83.7 Å². The Labute approximate surface area is 760 Å². The Bertz CT molecular complexity index is 4120. The summed E-state index contributed by atoms with van der Waals surface area (Å²) in [4.78, 5) is 136. The van der Waals surface area contributed by atoms with Gasteiger partial charge in [-0.1, -0.05) is 87.9 Å². The van der Waals surface area contributed by atoms with Crippen molar-refractivity contribution < 1.29 is 122 Å². The average molecular weight is 1890 g/mol. The lowest BCUT2D eigenvalue weighted by Gasteiger charge is -2.18. The Morgan fingerprint density at radius 3 is 0.625 bits per heavy atom. The highest BCUT2D eigenvalue weighted by Crippen LogP contribution is 2.33. The van der Waals surface area contributed by atoms with Crippen LogP contribution in [-0.2, 0) is 69.5 Å². The minimum Gasteiger partial charge on any atom is -0.497 e. The number of nitrogens with one attached hydrogen (secondary N) is 12. The van der Waals surface area contributed by atoms with Crippen LogP contribution in [-0.4, -0.2) is 163 Å². The number of carbonyl (C=O) groups excluding carboxylic acids is 12. The summed E-state index contributed by atoms with van der Waals surface area (Å²) < 4.78 is 112. The summed E-state index contributed by atoms with van der Waals surface area (Å²) in [5, 5.41) is 33.4. The van der Waals surface area contributed by atoms with Crippen LogP contribution in [0.3, 0.4) is 0 Å². The molecule has 0 aliphatic heterocycles. The van der Waals surface area contributed by atoms with Crippen LogP contribution in [0.5, 0.6) is 11.5 Å². The molecule has 0 fully saturated rings. The van der Waals surface area contributed by atoms with Gasteiger partial charge >= 0.3 is 48.9 Å². The Kier molecular flexibility index (Phi) is 54.8. The number of halogens is 10. The number of alkyl halides is 6. The largest absolute Gasteiger partial charge is 0.497 e. The van der Waals surface area contributed by atoms with Crippen LogP contribution in [0, 0.1) is 0 Å². The van der Waals surface area contributed by atoms with Gasteiger partial charge < -0.3 is 69.8 Å². The van der Waals surface area contributed by atoms with Gasteiger partial charge in [0.2, 0.25) is 35.4 Å². The van der Waals surface area contributed by atoms with Crippen molar-refractivity contribution in [3.8, 4) is 11.5 Å². The van der Waals surface area contributed by atoms with Crippen molar-refractivity contribution >= 4 is 153 Å². The van der Waals surface area contributed by atoms with Gasteiger partial charge in [-0.15, -0.1) is 0 Å². The van der Waals surface area contributed by atoms with Crippen molar-refractivity contribution in [3.63, 3.8) is 0 Å². The van der Waals surface area contributed by atoms with E-state index in [2.05, 4.69) is 82.7 Å². The Balaban J connectivity index is 0.000000769. The monoisotopic (exact) mass is 1890 g/mol. The predicted octanol–water partition coefficient (Wildman–Crippen LogP) is 19.1. The molecule has 6 rings (SSSR count). The molecule has 0 heterocycles. The molecule has 0 saturated heterocycles. The number of hydrogen-bond donors (Lipinski definition) is 12. The van der Waals surface area contributed by atoms with E-state index in [-0.39, 0.29) is 98.8 Å². The molecule has 12 N–H and O–H groups in total. The van der Waals surface area contributed by atoms with Gasteiger partial charge in [0.05, 0.1) is 66.0 Å². The number of ether oxygens (including phenoxy) is 8. The molecule has 6 atom stereocenters. The second-order valence-corrected chi connectivity index (χ2v) is 29.6. The van der Waals surface area contributed by atoms with Crippen LogP contribution in [0.1, 0.15) is 157 Å². The molecule has 0 aliphatic rings. The molecule has 0 bridgehead atoms. The fourth-order valence-electron chi connectivity index (χ4n) is 10.4. The predicted molar refractivity (Wildman–Crippen MR) is 477 cm³/mol. The molecular weight excluding hydrogens is 1780 g/mol. The van der Waals surface area contributed by atoms with Gasteiger partial charge in [0.25, 0.3) is 0 Å². The molecule has 6 aromatic rings. The van der Waals surface area contributed by atoms with E-state index in [1.54, 1.807) is 78.3 Å². The second-order valence-electron chi connectivity index (χ2n) is 27.8. The van der Waals surface area contributed by atoms with E-state index >= 15 is 0 Å². The summed E-state index contributed by atoms with van der Waals surface area (Å²) in [6.07, 6.45) is -9.50. The number of carbonyl (C=O) groups is 12. The summed E-state index contributed by atoms with van der Waals surface area (Å²) in [5.74, 6) is -1.07. The highest BCUT2D eigenvalue weighted by Gasteiger charge is 2.32. The first-order valence-electron chi connectivity index (χ1n) is 39.9. The molecule has 0 unspecified atom stereocenters. The van der Waals surface area contributed by atoms with E-state index in [1.807, 2.05) is 90.1 Å². The maximum absolute atomic E-state index is 12.5. The fraction of sp³-hybridized carbons (Fsp3) is 0.442. The smallest absolute Gasteiger partial charge is 0.416 e. The van der Waals surface area contributed by atoms with Gasteiger partial charge in [-0.25, -0.2) is 28.8 Å². The maximum atomic E-state index is 12.5. The molecule has 32 nitrogen and oxygen atoms in total. The summed E-state index contributed by atoms with van der Waals surface area (Å²) in [5.41, 5.74) is 2.68. The topological polar surface area (TPSA) is 423 Å². The normalized spacial score (nSPS) is 11.9. The lowest BCUT2D eigenvalue weighted by Crippen LogP contribution is -2.36. The quantitative estimate of drug-likeness (QED) is 0.0132. The minimum absolute atomic E-state index is 0.00921. The molecule has 12 amide bonds. The molecule has 128 heavy (non-hydrogen) atoms. The first-order valence-corrected chi connectivity index (χ1v) is 41.5. The third-order valence-corrected chi connectivity index (χ3v) is 17.9. The molecule has 0 aliphatic carbocycles. The number of amides is 12. The Morgan fingerprint density at radius 1 is 0.281 bits per heavy atom. The third kappa shape index (κ3) is 51.7. The van der Waals surface area contributed by atoms with E-state index in [0.29, 0.717) is 57.1 Å². The lowest BCUT2D eigenvalue weighted by molar-refractivity contribution is -0.138. The second kappa shape index (κ2) is 61.5. The third-order valence-electron chi connectivity index (χ3n) is 17.0. The van der Waals surface area contributed by atoms with Gasteiger partial charge in [0, 0.05) is 129 Å². The minimum atomic E-state index is -4.39. The van der Waals surface area contributed by atoms with Gasteiger partial charge in [-0.3, -0.25) is 60.7 Å². The number of rotatable bonds is 34. The molecule has 6 aromatic carbocycles. The van der Waals surface area contributed by atoms with E-state index in [1.165, 1.54) is 52.7 Å². The maximum Gasteiger partial charge on any atom is 0.416 e. The van der Waals surface area contributed by atoms with Crippen molar-refractivity contribution in [2.75, 3.05) is 74.6 Å². The number of benzene rings is 6. The molecule has 708 valence electrons. The number of anilines is 6.